The van der Waals surface area contributed by atoms with E-state index in [9.17, 15) is 19.7 Å². The molecule has 1 aromatic carbocycles. The lowest BCUT2D eigenvalue weighted by Crippen LogP contribution is -2.32. The molecule has 0 spiro atoms. The highest BCUT2D eigenvalue weighted by Crippen LogP contribution is 2.42. The van der Waals surface area contributed by atoms with Gasteiger partial charge in [0.2, 0.25) is 0 Å². The maximum Gasteiger partial charge on any atom is 0.337 e. The van der Waals surface area contributed by atoms with E-state index in [1.54, 1.807) is 19.9 Å². The number of allylic oxidation sites excluding steroid dienone is 2. The van der Waals surface area contributed by atoms with Gasteiger partial charge in [-0.15, -0.1) is 0 Å². The van der Waals surface area contributed by atoms with Crippen LogP contribution in [0, 0.1) is 10.1 Å². The van der Waals surface area contributed by atoms with Crippen LogP contribution in [0.4, 0.5) is 5.69 Å². The predicted molar refractivity (Wildman–Crippen MR) is 97.5 cm³/mol. The highest BCUT2D eigenvalue weighted by atomic mass is 16.6. The first-order valence-corrected chi connectivity index (χ1v) is 8.11. The number of hydrogen-bond acceptors (Lipinski definition) is 7. The zero-order valence-corrected chi connectivity index (χ0v) is 15.3. The summed E-state index contributed by atoms with van der Waals surface area (Å²) in [6, 6.07) is 5.96. The van der Waals surface area contributed by atoms with Gasteiger partial charge >= 0.3 is 11.9 Å². The summed E-state index contributed by atoms with van der Waals surface area (Å²) in [7, 11) is 1.21. The molecule has 1 atom stereocenters. The molecule has 0 radical (unpaired) electrons. The van der Waals surface area contributed by atoms with Gasteiger partial charge in [-0.1, -0.05) is 30.9 Å². The van der Waals surface area contributed by atoms with Gasteiger partial charge in [-0.3, -0.25) is 10.1 Å². The number of methoxy groups -OCH3 is 1. The van der Waals surface area contributed by atoms with Crippen LogP contribution < -0.4 is 5.32 Å². The summed E-state index contributed by atoms with van der Waals surface area (Å²) in [5, 5.41) is 14.5. The van der Waals surface area contributed by atoms with Crippen molar-refractivity contribution in [1.82, 2.24) is 5.32 Å². The fraction of sp³-hybridized carbons (Fsp3) is 0.263. The van der Waals surface area contributed by atoms with Gasteiger partial charge in [-0.05, 0) is 13.8 Å². The number of rotatable bonds is 6. The molecule has 27 heavy (non-hydrogen) atoms. The molecule has 0 saturated heterocycles. The average Bonchev–Trinajstić information content (AvgIpc) is 2.64. The van der Waals surface area contributed by atoms with Gasteiger partial charge in [0.05, 0.1) is 29.1 Å². The third-order valence-corrected chi connectivity index (χ3v) is 4.16. The van der Waals surface area contributed by atoms with E-state index >= 15 is 0 Å². The van der Waals surface area contributed by atoms with Crippen molar-refractivity contribution in [2.45, 2.75) is 19.8 Å². The van der Waals surface area contributed by atoms with Crippen molar-refractivity contribution < 1.29 is 24.0 Å². The Morgan fingerprint density at radius 3 is 2.37 bits per heavy atom. The summed E-state index contributed by atoms with van der Waals surface area (Å²) in [6.07, 6.45) is 1.41. The van der Waals surface area contributed by atoms with Crippen molar-refractivity contribution in [3.63, 3.8) is 0 Å². The SMILES string of the molecule is C=CCOC(=O)C1=C(C)NC(C)=C(C(=O)OC)C1c1ccccc1[N+](=O)[O-]. The highest BCUT2D eigenvalue weighted by Gasteiger charge is 2.40. The van der Waals surface area contributed by atoms with Crippen LogP contribution in [0.2, 0.25) is 0 Å². The second-order valence-corrected chi connectivity index (χ2v) is 5.83. The van der Waals surface area contributed by atoms with Crippen LogP contribution in [0.5, 0.6) is 0 Å². The minimum Gasteiger partial charge on any atom is -0.466 e. The first kappa shape index (κ1) is 19.9. The van der Waals surface area contributed by atoms with E-state index < -0.39 is 22.8 Å². The second-order valence-electron chi connectivity index (χ2n) is 5.83. The van der Waals surface area contributed by atoms with E-state index in [2.05, 4.69) is 11.9 Å². The molecule has 2 rings (SSSR count). The number of nitrogens with one attached hydrogen (secondary N) is 1. The predicted octanol–water partition coefficient (Wildman–Crippen LogP) is 2.73. The number of carbonyl (C=O) groups excluding carboxylic acids is 2. The van der Waals surface area contributed by atoms with Gasteiger partial charge in [-0.2, -0.15) is 0 Å². The third-order valence-electron chi connectivity index (χ3n) is 4.16. The lowest BCUT2D eigenvalue weighted by Gasteiger charge is -2.30. The quantitative estimate of drug-likeness (QED) is 0.354. The Kier molecular flexibility index (Phi) is 6.12. The number of dihydropyridines is 1. The van der Waals surface area contributed by atoms with Crippen LogP contribution in [0.15, 0.2) is 59.5 Å². The van der Waals surface area contributed by atoms with Crippen LogP contribution in [0.1, 0.15) is 25.3 Å². The minimum absolute atomic E-state index is 0.0323. The fourth-order valence-corrected chi connectivity index (χ4v) is 3.07. The van der Waals surface area contributed by atoms with Crippen molar-refractivity contribution >= 4 is 17.6 Å². The number of nitrogens with zero attached hydrogens (tertiary/aromatic N) is 1. The molecule has 0 amide bonds. The normalized spacial score (nSPS) is 16.5. The molecule has 1 heterocycles. The smallest absolute Gasteiger partial charge is 0.337 e. The monoisotopic (exact) mass is 372 g/mol. The van der Waals surface area contributed by atoms with E-state index in [-0.39, 0.29) is 29.0 Å². The van der Waals surface area contributed by atoms with E-state index in [0.717, 1.165) is 0 Å². The molecule has 1 aromatic rings. The molecule has 8 nitrogen and oxygen atoms in total. The van der Waals surface area contributed by atoms with Gasteiger partial charge in [-0.25, -0.2) is 9.59 Å². The summed E-state index contributed by atoms with van der Waals surface area (Å²) in [4.78, 5) is 36.1. The molecule has 0 fully saturated rings. The Morgan fingerprint density at radius 2 is 1.81 bits per heavy atom. The van der Waals surface area contributed by atoms with Crippen LogP contribution in [-0.4, -0.2) is 30.6 Å². The van der Waals surface area contributed by atoms with Gasteiger partial charge in [0.1, 0.15) is 6.61 Å². The summed E-state index contributed by atoms with van der Waals surface area (Å²) >= 11 is 0. The highest BCUT2D eigenvalue weighted by molar-refractivity contribution is 6.00. The molecule has 1 aliphatic rings. The first-order valence-electron chi connectivity index (χ1n) is 8.11. The maximum absolute atomic E-state index is 12.7. The molecule has 142 valence electrons. The van der Waals surface area contributed by atoms with Crippen LogP contribution in [0.25, 0.3) is 0 Å². The van der Waals surface area contributed by atoms with E-state index in [4.69, 9.17) is 9.47 Å². The summed E-state index contributed by atoms with van der Waals surface area (Å²) in [5.41, 5.74) is 1.11. The van der Waals surface area contributed by atoms with Crippen LogP contribution in [-0.2, 0) is 19.1 Å². The number of nitro groups is 1. The number of esters is 2. The molecule has 1 N–H and O–H groups in total. The minimum atomic E-state index is -1.00. The Morgan fingerprint density at radius 1 is 1.22 bits per heavy atom. The van der Waals surface area contributed by atoms with Gasteiger partial charge < -0.3 is 14.8 Å². The Bertz CT molecular complexity index is 869. The molecule has 0 aromatic heterocycles. The number of nitro benzene ring substituents is 1. The number of hydrogen-bond donors (Lipinski definition) is 1. The van der Waals surface area contributed by atoms with Crippen molar-refractivity contribution in [2.75, 3.05) is 13.7 Å². The Balaban J connectivity index is 2.74. The van der Waals surface area contributed by atoms with Crippen LogP contribution in [0.3, 0.4) is 0 Å². The topological polar surface area (TPSA) is 108 Å². The van der Waals surface area contributed by atoms with Crippen molar-refractivity contribution in [3.05, 3.63) is 75.1 Å². The maximum atomic E-state index is 12.7. The largest absolute Gasteiger partial charge is 0.466 e. The number of carbonyl (C=O) groups is 2. The van der Waals surface area contributed by atoms with Crippen molar-refractivity contribution in [3.8, 4) is 0 Å². The average molecular weight is 372 g/mol. The van der Waals surface area contributed by atoms with E-state index in [0.29, 0.717) is 11.4 Å². The van der Waals surface area contributed by atoms with Crippen molar-refractivity contribution in [1.29, 1.82) is 0 Å². The lowest BCUT2D eigenvalue weighted by atomic mass is 9.79. The van der Waals surface area contributed by atoms with E-state index in [1.165, 1.54) is 31.4 Å². The summed E-state index contributed by atoms with van der Waals surface area (Å²) in [5.74, 6) is -2.39. The molecule has 0 aliphatic carbocycles. The zero-order chi connectivity index (χ0) is 20.1. The molecule has 1 aliphatic heterocycles. The molecule has 1 unspecified atom stereocenters. The van der Waals surface area contributed by atoms with Crippen LogP contribution >= 0.6 is 0 Å². The molecular formula is C19H20N2O6. The summed E-state index contributed by atoms with van der Waals surface area (Å²) < 4.78 is 10.0. The Hall–Kier alpha value is -3.42. The second kappa shape index (κ2) is 8.31. The van der Waals surface area contributed by atoms with Gasteiger partial charge in [0.25, 0.3) is 5.69 Å². The molecule has 0 bridgehead atoms. The van der Waals surface area contributed by atoms with Gasteiger partial charge in [0, 0.05) is 23.0 Å². The lowest BCUT2D eigenvalue weighted by molar-refractivity contribution is -0.385. The van der Waals surface area contributed by atoms with Crippen molar-refractivity contribution in [2.24, 2.45) is 0 Å². The van der Waals surface area contributed by atoms with Gasteiger partial charge in [0.15, 0.2) is 0 Å². The molecule has 8 heteroatoms. The molecular weight excluding hydrogens is 352 g/mol. The fourth-order valence-electron chi connectivity index (χ4n) is 3.07. The summed E-state index contributed by atoms with van der Waals surface area (Å²) in [6.45, 7) is 6.75. The number of ether oxygens (including phenoxy) is 2. The standard InChI is InChI=1S/C19H20N2O6/c1-5-10-27-19(23)16-12(3)20-11(2)15(18(22)26-4)17(16)13-8-6-7-9-14(13)21(24)25/h5-9,17,20H,1,10H2,2-4H3. The number of para-hydroxylation sites is 1. The third kappa shape index (κ3) is 3.89. The Labute approximate surface area is 156 Å². The number of benzene rings is 1. The molecule has 0 saturated carbocycles. The zero-order valence-electron chi connectivity index (χ0n) is 15.3. The first-order chi connectivity index (χ1) is 12.8. The van der Waals surface area contributed by atoms with E-state index in [1.807, 2.05) is 0 Å².